The van der Waals surface area contributed by atoms with E-state index in [2.05, 4.69) is 62.6 Å². The van der Waals surface area contributed by atoms with Gasteiger partial charge in [-0.1, -0.05) is 12.8 Å². The van der Waals surface area contributed by atoms with Crippen molar-refractivity contribution in [3.63, 3.8) is 0 Å². The average Bonchev–Trinajstić information content (AvgIpc) is 3.54. The highest BCUT2D eigenvalue weighted by Crippen LogP contribution is 2.37. The number of piperazine rings is 1. The summed E-state index contributed by atoms with van der Waals surface area (Å²) in [6.45, 7) is 6.29. The first-order valence-corrected chi connectivity index (χ1v) is 12.8. The second-order valence-corrected chi connectivity index (χ2v) is 10.4. The summed E-state index contributed by atoms with van der Waals surface area (Å²) in [7, 11) is 2.17. The number of anilines is 2. The SMILES string of the molecule is Cc1csc2[nH]c(=O)c(-c3nc4ccc(N5CCN(C)CC5)cc4[nH]3)c(NC3CCCC3)c12. The fraction of sp³-hybridized carbons (Fsp3) is 0.440. The molecule has 3 N–H and O–H groups in total. The Labute approximate surface area is 196 Å². The fourth-order valence-corrected chi connectivity index (χ4v) is 6.22. The van der Waals surface area contributed by atoms with E-state index < -0.39 is 0 Å². The van der Waals surface area contributed by atoms with Crippen molar-refractivity contribution in [1.82, 2.24) is 19.9 Å². The van der Waals surface area contributed by atoms with E-state index >= 15 is 0 Å². The molecule has 2 fully saturated rings. The molecule has 1 aliphatic heterocycles. The maximum Gasteiger partial charge on any atom is 0.262 e. The van der Waals surface area contributed by atoms with Crippen LogP contribution in [0.2, 0.25) is 0 Å². The number of hydrogen-bond acceptors (Lipinski definition) is 6. The third kappa shape index (κ3) is 3.71. The molecule has 0 spiro atoms. The van der Waals surface area contributed by atoms with Crippen LogP contribution in [0.3, 0.4) is 0 Å². The molecule has 8 heteroatoms. The summed E-state index contributed by atoms with van der Waals surface area (Å²) in [5.41, 5.74) is 5.69. The third-order valence-corrected chi connectivity index (χ3v) is 8.22. The van der Waals surface area contributed by atoms with Gasteiger partial charge in [-0.15, -0.1) is 11.3 Å². The van der Waals surface area contributed by atoms with Crippen LogP contribution in [0, 0.1) is 6.92 Å². The van der Waals surface area contributed by atoms with Crippen molar-refractivity contribution in [1.29, 1.82) is 0 Å². The number of benzene rings is 1. The molecule has 3 aromatic heterocycles. The predicted molar refractivity (Wildman–Crippen MR) is 138 cm³/mol. The number of fused-ring (bicyclic) bond motifs is 2. The predicted octanol–water partition coefficient (Wildman–Crippen LogP) is 4.55. The topological polar surface area (TPSA) is 80.1 Å². The van der Waals surface area contributed by atoms with E-state index in [1.54, 1.807) is 11.3 Å². The molecule has 4 heterocycles. The van der Waals surface area contributed by atoms with Crippen molar-refractivity contribution in [2.45, 2.75) is 38.6 Å². The van der Waals surface area contributed by atoms with Crippen molar-refractivity contribution in [3.8, 4) is 11.4 Å². The minimum atomic E-state index is -0.0943. The molecule has 1 aliphatic carbocycles. The van der Waals surface area contributed by atoms with Crippen molar-refractivity contribution < 1.29 is 0 Å². The van der Waals surface area contributed by atoms with Gasteiger partial charge in [0.25, 0.3) is 5.56 Å². The van der Waals surface area contributed by atoms with Crippen LogP contribution in [0.1, 0.15) is 31.2 Å². The number of rotatable bonds is 4. The second-order valence-electron chi connectivity index (χ2n) is 9.53. The smallest absolute Gasteiger partial charge is 0.262 e. The monoisotopic (exact) mass is 462 g/mol. The highest BCUT2D eigenvalue weighted by atomic mass is 32.1. The number of likely N-dealkylation sites (N-methyl/N-ethyl adjacent to an activating group) is 1. The van der Waals surface area contributed by atoms with Gasteiger partial charge >= 0.3 is 0 Å². The number of aromatic nitrogens is 3. The summed E-state index contributed by atoms with van der Waals surface area (Å²) in [4.78, 5) is 30.4. The van der Waals surface area contributed by atoms with E-state index in [-0.39, 0.29) is 5.56 Å². The Kier molecular flexibility index (Phi) is 5.14. The summed E-state index contributed by atoms with van der Waals surface area (Å²) >= 11 is 1.59. The van der Waals surface area contributed by atoms with Crippen LogP contribution in [0.15, 0.2) is 28.4 Å². The molecule has 172 valence electrons. The number of hydrogen-bond donors (Lipinski definition) is 3. The molecule has 7 nitrogen and oxygen atoms in total. The number of aryl methyl sites for hydroxylation is 1. The lowest BCUT2D eigenvalue weighted by atomic mass is 10.1. The van der Waals surface area contributed by atoms with Gasteiger partial charge < -0.3 is 25.1 Å². The number of nitrogens with zero attached hydrogens (tertiary/aromatic N) is 3. The molecule has 0 amide bonds. The molecule has 1 saturated carbocycles. The molecule has 4 aromatic rings. The molecule has 1 aromatic carbocycles. The fourth-order valence-electron chi connectivity index (χ4n) is 5.27. The first-order chi connectivity index (χ1) is 16.1. The van der Waals surface area contributed by atoms with Crippen molar-refractivity contribution in [2.75, 3.05) is 43.4 Å². The van der Waals surface area contributed by atoms with Crippen molar-refractivity contribution in [3.05, 3.63) is 39.5 Å². The van der Waals surface area contributed by atoms with Gasteiger partial charge in [0.05, 0.1) is 16.7 Å². The summed E-state index contributed by atoms with van der Waals surface area (Å²) in [6.07, 6.45) is 4.76. The van der Waals surface area contributed by atoms with Gasteiger partial charge in [-0.3, -0.25) is 4.79 Å². The maximum atomic E-state index is 13.3. The summed E-state index contributed by atoms with van der Waals surface area (Å²) < 4.78 is 0. The average molecular weight is 463 g/mol. The van der Waals surface area contributed by atoms with Gasteiger partial charge in [-0.25, -0.2) is 4.98 Å². The number of pyridine rings is 1. The Balaban J connectivity index is 1.45. The van der Waals surface area contributed by atoms with Crippen molar-refractivity contribution >= 4 is 44.0 Å². The molecule has 0 bridgehead atoms. The highest BCUT2D eigenvalue weighted by molar-refractivity contribution is 7.17. The van der Waals surface area contributed by atoms with E-state index in [0.717, 1.165) is 66.0 Å². The van der Waals surface area contributed by atoms with Gasteiger partial charge in [0.1, 0.15) is 16.2 Å². The molecular weight excluding hydrogens is 432 g/mol. The van der Waals surface area contributed by atoms with Crippen LogP contribution >= 0.6 is 11.3 Å². The van der Waals surface area contributed by atoms with Gasteiger partial charge in [0, 0.05) is 43.3 Å². The Hall–Kier alpha value is -2.84. The van der Waals surface area contributed by atoms with Crippen LogP contribution in [0.5, 0.6) is 0 Å². The Bertz CT molecular complexity index is 1370. The normalized spacial score (nSPS) is 18.1. The Morgan fingerprint density at radius 1 is 1.12 bits per heavy atom. The minimum absolute atomic E-state index is 0.0943. The lowest BCUT2D eigenvalue weighted by molar-refractivity contribution is 0.313. The molecular formula is C25H30N6OS. The zero-order valence-electron chi connectivity index (χ0n) is 19.2. The zero-order chi connectivity index (χ0) is 22.5. The van der Waals surface area contributed by atoms with Gasteiger partial charge in [-0.05, 0) is 56.0 Å². The third-order valence-electron chi connectivity index (χ3n) is 7.20. The Morgan fingerprint density at radius 3 is 2.70 bits per heavy atom. The molecule has 6 rings (SSSR count). The minimum Gasteiger partial charge on any atom is -0.381 e. The van der Waals surface area contributed by atoms with E-state index in [4.69, 9.17) is 4.98 Å². The number of imidazole rings is 1. The number of nitrogens with one attached hydrogen (secondary N) is 3. The van der Waals surface area contributed by atoms with E-state index in [1.165, 1.54) is 24.1 Å². The summed E-state index contributed by atoms with van der Waals surface area (Å²) in [5.74, 6) is 0.634. The molecule has 2 aliphatic rings. The van der Waals surface area contributed by atoms with Crippen molar-refractivity contribution in [2.24, 2.45) is 0 Å². The number of H-pyrrole nitrogens is 2. The Morgan fingerprint density at radius 2 is 1.91 bits per heavy atom. The molecule has 0 atom stereocenters. The van der Waals surface area contributed by atoms with Gasteiger partial charge in [0.2, 0.25) is 0 Å². The van der Waals surface area contributed by atoms with Crippen LogP contribution in [-0.4, -0.2) is 59.1 Å². The summed E-state index contributed by atoms with van der Waals surface area (Å²) in [5, 5.41) is 6.97. The first kappa shape index (κ1) is 20.7. The van der Waals surface area contributed by atoms with E-state index in [1.807, 2.05) is 0 Å². The number of aromatic amines is 2. The maximum absolute atomic E-state index is 13.3. The van der Waals surface area contributed by atoms with E-state index in [9.17, 15) is 4.79 Å². The van der Waals surface area contributed by atoms with Crippen LogP contribution in [0.25, 0.3) is 32.6 Å². The highest BCUT2D eigenvalue weighted by Gasteiger charge is 2.24. The standard InChI is InChI=1S/C25H30N6OS/c1-15-14-33-25-20(15)22(26-16-5-3-4-6-16)21(24(32)29-25)23-27-18-8-7-17(13-19(18)28-23)31-11-9-30(2)10-12-31/h7-8,13-14,16H,3-6,9-12H2,1-2H3,(H,27,28)(H2,26,29,32). The second kappa shape index (κ2) is 8.18. The zero-order valence-corrected chi connectivity index (χ0v) is 20.0. The quantitative estimate of drug-likeness (QED) is 0.415. The van der Waals surface area contributed by atoms with Crippen LogP contribution in [0.4, 0.5) is 11.4 Å². The van der Waals surface area contributed by atoms with Gasteiger partial charge in [0.15, 0.2) is 0 Å². The van der Waals surface area contributed by atoms with E-state index in [0.29, 0.717) is 17.4 Å². The van der Waals surface area contributed by atoms with Gasteiger partial charge in [-0.2, -0.15) is 0 Å². The first-order valence-electron chi connectivity index (χ1n) is 11.9. The lowest BCUT2D eigenvalue weighted by Crippen LogP contribution is -2.44. The molecule has 33 heavy (non-hydrogen) atoms. The molecule has 1 saturated heterocycles. The number of thiophene rings is 1. The summed E-state index contributed by atoms with van der Waals surface area (Å²) in [6, 6.07) is 6.78. The molecule has 0 radical (unpaired) electrons. The van der Waals surface area contributed by atoms with Crippen LogP contribution in [-0.2, 0) is 0 Å². The van der Waals surface area contributed by atoms with Crippen LogP contribution < -0.4 is 15.8 Å². The lowest BCUT2D eigenvalue weighted by Gasteiger charge is -2.34. The molecule has 0 unspecified atom stereocenters. The largest absolute Gasteiger partial charge is 0.381 e.